The summed E-state index contributed by atoms with van der Waals surface area (Å²) in [6.45, 7) is 4.11. The Bertz CT molecular complexity index is 704. The number of nitrogens with one attached hydrogen (secondary N) is 2. The SMILES string of the molecule is CCNC(=O)c1ccc(NC(C)c2ccccn2)c([N+](=O)[O-])c1. The van der Waals surface area contributed by atoms with Gasteiger partial charge < -0.3 is 10.6 Å². The van der Waals surface area contributed by atoms with Crippen molar-refractivity contribution in [2.45, 2.75) is 19.9 Å². The van der Waals surface area contributed by atoms with E-state index >= 15 is 0 Å². The van der Waals surface area contributed by atoms with E-state index in [0.29, 0.717) is 12.2 Å². The molecule has 0 aliphatic carbocycles. The molecule has 1 unspecified atom stereocenters. The number of rotatable bonds is 6. The molecule has 0 radical (unpaired) electrons. The number of amides is 1. The summed E-state index contributed by atoms with van der Waals surface area (Å²) >= 11 is 0. The lowest BCUT2D eigenvalue weighted by atomic mass is 10.1. The molecule has 2 N–H and O–H groups in total. The van der Waals surface area contributed by atoms with Crippen LogP contribution in [-0.4, -0.2) is 22.4 Å². The summed E-state index contributed by atoms with van der Waals surface area (Å²) in [7, 11) is 0. The fourth-order valence-electron chi connectivity index (χ4n) is 2.15. The lowest BCUT2D eigenvalue weighted by molar-refractivity contribution is -0.384. The zero-order valence-corrected chi connectivity index (χ0v) is 12.9. The standard InChI is InChI=1S/C16H18N4O3/c1-3-17-16(21)12-7-8-14(15(10-12)20(22)23)19-11(2)13-6-4-5-9-18-13/h4-11,19H,3H2,1-2H3,(H,17,21). The van der Waals surface area contributed by atoms with Crippen molar-refractivity contribution in [1.29, 1.82) is 0 Å². The van der Waals surface area contributed by atoms with E-state index in [4.69, 9.17) is 0 Å². The molecule has 23 heavy (non-hydrogen) atoms. The van der Waals surface area contributed by atoms with E-state index in [9.17, 15) is 14.9 Å². The molecular weight excluding hydrogens is 296 g/mol. The van der Waals surface area contributed by atoms with Gasteiger partial charge in [0.05, 0.1) is 16.7 Å². The maximum Gasteiger partial charge on any atom is 0.293 e. The molecule has 1 heterocycles. The van der Waals surface area contributed by atoms with E-state index < -0.39 is 4.92 Å². The molecule has 1 amide bonds. The minimum Gasteiger partial charge on any atom is -0.371 e. The quantitative estimate of drug-likeness (QED) is 0.631. The van der Waals surface area contributed by atoms with Crippen LogP contribution in [0.25, 0.3) is 0 Å². The van der Waals surface area contributed by atoms with Gasteiger partial charge >= 0.3 is 0 Å². The van der Waals surface area contributed by atoms with Gasteiger partial charge in [-0.05, 0) is 38.1 Å². The van der Waals surface area contributed by atoms with Crippen LogP contribution in [-0.2, 0) is 0 Å². The molecule has 7 nitrogen and oxygen atoms in total. The van der Waals surface area contributed by atoms with Crippen LogP contribution in [0.3, 0.4) is 0 Å². The first kappa shape index (κ1) is 16.4. The van der Waals surface area contributed by atoms with Crippen molar-refractivity contribution in [2.24, 2.45) is 0 Å². The van der Waals surface area contributed by atoms with Gasteiger partial charge in [-0.2, -0.15) is 0 Å². The van der Waals surface area contributed by atoms with Crippen LogP contribution in [0.4, 0.5) is 11.4 Å². The van der Waals surface area contributed by atoms with Gasteiger partial charge in [-0.3, -0.25) is 19.9 Å². The lowest BCUT2D eigenvalue weighted by Crippen LogP contribution is -2.22. The van der Waals surface area contributed by atoms with Crippen molar-refractivity contribution < 1.29 is 9.72 Å². The number of pyridine rings is 1. The number of anilines is 1. The van der Waals surface area contributed by atoms with E-state index in [0.717, 1.165) is 5.69 Å². The zero-order chi connectivity index (χ0) is 16.8. The Labute approximate surface area is 133 Å². The molecule has 0 saturated carbocycles. The largest absolute Gasteiger partial charge is 0.371 e. The topological polar surface area (TPSA) is 97.2 Å². The third-order valence-corrected chi connectivity index (χ3v) is 3.30. The molecule has 0 bridgehead atoms. The van der Waals surface area contributed by atoms with Gasteiger partial charge in [-0.25, -0.2) is 0 Å². The average Bonchev–Trinajstić information content (AvgIpc) is 2.56. The van der Waals surface area contributed by atoms with Crippen molar-refractivity contribution in [3.63, 3.8) is 0 Å². The molecule has 0 saturated heterocycles. The van der Waals surface area contributed by atoms with E-state index in [1.807, 2.05) is 19.1 Å². The highest BCUT2D eigenvalue weighted by molar-refractivity contribution is 5.95. The number of carbonyl (C=O) groups is 1. The maximum absolute atomic E-state index is 11.8. The Kier molecular flexibility index (Phi) is 5.24. The van der Waals surface area contributed by atoms with Crippen LogP contribution in [0.5, 0.6) is 0 Å². The third-order valence-electron chi connectivity index (χ3n) is 3.30. The second-order valence-corrected chi connectivity index (χ2v) is 4.97. The first-order chi connectivity index (χ1) is 11.0. The summed E-state index contributed by atoms with van der Waals surface area (Å²) in [5, 5.41) is 17.0. The Hall–Kier alpha value is -2.96. The highest BCUT2D eigenvalue weighted by Crippen LogP contribution is 2.28. The fraction of sp³-hybridized carbons (Fsp3) is 0.250. The molecule has 2 aromatic rings. The Morgan fingerprint density at radius 2 is 2.13 bits per heavy atom. The predicted octanol–water partition coefficient (Wildman–Crippen LogP) is 2.91. The van der Waals surface area contributed by atoms with Crippen LogP contribution < -0.4 is 10.6 Å². The third kappa shape index (κ3) is 4.03. The van der Waals surface area contributed by atoms with Crippen molar-refractivity contribution in [2.75, 3.05) is 11.9 Å². The fourth-order valence-corrected chi connectivity index (χ4v) is 2.15. The normalized spacial score (nSPS) is 11.6. The number of hydrogen-bond acceptors (Lipinski definition) is 5. The number of aromatic nitrogens is 1. The monoisotopic (exact) mass is 314 g/mol. The van der Waals surface area contributed by atoms with Crippen molar-refractivity contribution in [3.8, 4) is 0 Å². The molecule has 120 valence electrons. The van der Waals surface area contributed by atoms with Gasteiger partial charge in [0.1, 0.15) is 5.69 Å². The Balaban J connectivity index is 2.28. The van der Waals surface area contributed by atoms with E-state index in [1.54, 1.807) is 31.3 Å². The minimum atomic E-state index is -0.504. The summed E-state index contributed by atoms with van der Waals surface area (Å²) < 4.78 is 0. The number of benzene rings is 1. The number of nitrogens with zero attached hydrogens (tertiary/aromatic N) is 2. The van der Waals surface area contributed by atoms with Gasteiger partial charge in [0.25, 0.3) is 11.6 Å². The van der Waals surface area contributed by atoms with Gasteiger partial charge in [0.15, 0.2) is 0 Å². The lowest BCUT2D eigenvalue weighted by Gasteiger charge is -2.15. The van der Waals surface area contributed by atoms with Gasteiger partial charge in [0, 0.05) is 24.4 Å². The summed E-state index contributed by atoms with van der Waals surface area (Å²) in [5.41, 5.74) is 1.24. The van der Waals surface area contributed by atoms with Crippen LogP contribution in [0.15, 0.2) is 42.6 Å². The number of nitro groups is 1. The second kappa shape index (κ2) is 7.35. The molecule has 1 atom stereocenters. The highest BCUT2D eigenvalue weighted by Gasteiger charge is 2.19. The smallest absolute Gasteiger partial charge is 0.293 e. The zero-order valence-electron chi connectivity index (χ0n) is 12.9. The first-order valence-corrected chi connectivity index (χ1v) is 7.27. The average molecular weight is 314 g/mol. The number of carbonyl (C=O) groups excluding carboxylic acids is 1. The number of nitro benzene ring substituents is 1. The number of hydrogen-bond donors (Lipinski definition) is 2. The van der Waals surface area contributed by atoms with Gasteiger partial charge in [-0.1, -0.05) is 6.07 Å². The molecule has 0 aliphatic rings. The summed E-state index contributed by atoms with van der Waals surface area (Å²) in [4.78, 5) is 26.8. The Morgan fingerprint density at radius 3 is 2.74 bits per heavy atom. The van der Waals surface area contributed by atoms with E-state index in [1.165, 1.54) is 6.07 Å². The van der Waals surface area contributed by atoms with Crippen molar-refractivity contribution in [1.82, 2.24) is 10.3 Å². The second-order valence-electron chi connectivity index (χ2n) is 4.97. The molecule has 7 heteroatoms. The van der Waals surface area contributed by atoms with Crippen molar-refractivity contribution >= 4 is 17.3 Å². The van der Waals surface area contributed by atoms with Crippen LogP contribution >= 0.6 is 0 Å². The van der Waals surface area contributed by atoms with E-state index in [2.05, 4.69) is 15.6 Å². The highest BCUT2D eigenvalue weighted by atomic mass is 16.6. The molecule has 0 fully saturated rings. The summed E-state index contributed by atoms with van der Waals surface area (Å²) in [6.07, 6.45) is 1.67. The molecule has 1 aromatic heterocycles. The predicted molar refractivity (Wildman–Crippen MR) is 87.4 cm³/mol. The summed E-state index contributed by atoms with van der Waals surface area (Å²) in [5.74, 6) is -0.333. The van der Waals surface area contributed by atoms with Crippen LogP contribution in [0.2, 0.25) is 0 Å². The minimum absolute atomic E-state index is 0.142. The van der Waals surface area contributed by atoms with E-state index in [-0.39, 0.29) is 23.2 Å². The van der Waals surface area contributed by atoms with Gasteiger partial charge in [0.2, 0.25) is 0 Å². The molecule has 0 aliphatic heterocycles. The van der Waals surface area contributed by atoms with Crippen molar-refractivity contribution in [3.05, 3.63) is 64.0 Å². The molecule has 0 spiro atoms. The van der Waals surface area contributed by atoms with Crippen LogP contribution in [0.1, 0.15) is 35.9 Å². The van der Waals surface area contributed by atoms with Gasteiger partial charge in [-0.15, -0.1) is 0 Å². The Morgan fingerprint density at radius 1 is 1.35 bits per heavy atom. The summed E-state index contributed by atoms with van der Waals surface area (Å²) in [6, 6.07) is 9.68. The molecular formula is C16H18N4O3. The maximum atomic E-state index is 11.8. The van der Waals surface area contributed by atoms with Crippen LogP contribution in [0, 0.1) is 10.1 Å². The first-order valence-electron chi connectivity index (χ1n) is 7.27. The molecule has 1 aromatic carbocycles. The molecule has 2 rings (SSSR count).